The molecule has 150 valence electrons. The average molecular weight is 411 g/mol. The van der Waals surface area contributed by atoms with Gasteiger partial charge in [-0.3, -0.25) is 4.79 Å². The van der Waals surface area contributed by atoms with Crippen LogP contribution in [0.1, 0.15) is 21.6 Å². The lowest BCUT2D eigenvalue weighted by atomic mass is 10.1. The number of aryl methyl sites for hydroxylation is 2. The number of piperazine rings is 1. The van der Waals surface area contributed by atoms with Gasteiger partial charge in [0, 0.05) is 37.2 Å². The summed E-state index contributed by atoms with van der Waals surface area (Å²) < 4.78 is 14.0. The van der Waals surface area contributed by atoms with E-state index < -0.39 is 0 Å². The number of halogens is 1. The molecule has 1 amide bonds. The number of hydrogen-bond donors (Lipinski definition) is 1. The zero-order chi connectivity index (χ0) is 20.4. The van der Waals surface area contributed by atoms with Crippen molar-refractivity contribution in [3.05, 3.63) is 70.5 Å². The van der Waals surface area contributed by atoms with Crippen LogP contribution >= 0.6 is 11.3 Å². The number of para-hydroxylation sites is 1. The van der Waals surface area contributed by atoms with Crippen molar-refractivity contribution in [3.8, 4) is 0 Å². The Labute approximate surface area is 173 Å². The van der Waals surface area contributed by atoms with Gasteiger partial charge in [-0.25, -0.2) is 9.37 Å². The molecule has 29 heavy (non-hydrogen) atoms. The standard InChI is InChI=1S/C22H23FN4OS/c1-15-7-8-17(13-16(15)2)24-22-25-19(14-29-22)21(28)27-11-9-26(10-12-27)20-6-4-3-5-18(20)23/h3-8,13-14H,9-12H2,1-2H3,(H,24,25). The summed E-state index contributed by atoms with van der Waals surface area (Å²) in [5.41, 5.74) is 4.43. The molecule has 1 fully saturated rings. The SMILES string of the molecule is Cc1ccc(Nc2nc(C(=O)N3CCN(c4ccccc4F)CC3)cs2)cc1C. The third-order valence-electron chi connectivity index (χ3n) is 5.24. The number of carbonyl (C=O) groups is 1. The molecule has 0 unspecified atom stereocenters. The highest BCUT2D eigenvalue weighted by Crippen LogP contribution is 2.24. The van der Waals surface area contributed by atoms with Gasteiger partial charge in [0.15, 0.2) is 5.13 Å². The fraction of sp³-hybridized carbons (Fsp3) is 0.273. The van der Waals surface area contributed by atoms with E-state index in [0.29, 0.717) is 42.7 Å². The van der Waals surface area contributed by atoms with Gasteiger partial charge in [0.25, 0.3) is 5.91 Å². The summed E-state index contributed by atoms with van der Waals surface area (Å²) in [6.07, 6.45) is 0. The molecule has 2 heterocycles. The van der Waals surface area contributed by atoms with E-state index >= 15 is 0 Å². The van der Waals surface area contributed by atoms with Crippen molar-refractivity contribution >= 4 is 33.8 Å². The molecule has 1 N–H and O–H groups in total. The minimum absolute atomic E-state index is 0.0810. The maximum atomic E-state index is 14.0. The normalized spacial score (nSPS) is 14.2. The second-order valence-corrected chi connectivity index (χ2v) is 8.05. The van der Waals surface area contributed by atoms with E-state index in [0.717, 1.165) is 5.69 Å². The van der Waals surface area contributed by atoms with Crippen LogP contribution in [0.4, 0.5) is 20.9 Å². The predicted molar refractivity (Wildman–Crippen MR) is 116 cm³/mol. The Morgan fingerprint density at radius 3 is 2.55 bits per heavy atom. The second kappa shape index (κ2) is 8.21. The molecule has 0 bridgehead atoms. The van der Waals surface area contributed by atoms with Gasteiger partial charge >= 0.3 is 0 Å². The first-order valence-electron chi connectivity index (χ1n) is 9.60. The number of rotatable bonds is 4. The van der Waals surface area contributed by atoms with Gasteiger partial charge in [0.2, 0.25) is 0 Å². The Kier molecular flexibility index (Phi) is 5.49. The Morgan fingerprint density at radius 2 is 1.83 bits per heavy atom. The number of nitrogens with zero attached hydrogens (tertiary/aromatic N) is 3. The first kappa shape index (κ1) is 19.4. The van der Waals surface area contributed by atoms with Crippen LogP contribution in [0.15, 0.2) is 47.8 Å². The second-order valence-electron chi connectivity index (χ2n) is 7.19. The van der Waals surface area contributed by atoms with Crippen LogP contribution in [0.3, 0.4) is 0 Å². The highest BCUT2D eigenvalue weighted by atomic mass is 32.1. The van der Waals surface area contributed by atoms with Crippen molar-refractivity contribution < 1.29 is 9.18 Å². The molecule has 0 atom stereocenters. The van der Waals surface area contributed by atoms with Gasteiger partial charge in [-0.1, -0.05) is 18.2 Å². The van der Waals surface area contributed by atoms with Gasteiger partial charge in [-0.15, -0.1) is 11.3 Å². The van der Waals surface area contributed by atoms with E-state index in [1.165, 1.54) is 28.5 Å². The average Bonchev–Trinajstić information content (AvgIpc) is 3.19. The number of nitrogens with one attached hydrogen (secondary N) is 1. The monoisotopic (exact) mass is 410 g/mol. The topological polar surface area (TPSA) is 48.5 Å². The van der Waals surface area contributed by atoms with Crippen molar-refractivity contribution in [2.75, 3.05) is 36.4 Å². The summed E-state index contributed by atoms with van der Waals surface area (Å²) in [7, 11) is 0. The third-order valence-corrected chi connectivity index (χ3v) is 6.00. The quantitative estimate of drug-likeness (QED) is 0.683. The summed E-state index contributed by atoms with van der Waals surface area (Å²) in [5, 5.41) is 5.75. The number of aromatic nitrogens is 1. The molecule has 0 saturated carbocycles. The van der Waals surface area contributed by atoms with E-state index in [1.54, 1.807) is 22.4 Å². The highest BCUT2D eigenvalue weighted by Gasteiger charge is 2.25. The Bertz CT molecular complexity index is 1030. The van der Waals surface area contributed by atoms with Crippen molar-refractivity contribution in [2.45, 2.75) is 13.8 Å². The number of benzene rings is 2. The lowest BCUT2D eigenvalue weighted by Gasteiger charge is -2.35. The minimum atomic E-state index is -0.228. The predicted octanol–water partition coefficient (Wildman–Crippen LogP) is 4.61. The molecular weight excluding hydrogens is 387 g/mol. The zero-order valence-electron chi connectivity index (χ0n) is 16.5. The third kappa shape index (κ3) is 4.24. The van der Waals surface area contributed by atoms with E-state index in [1.807, 2.05) is 17.0 Å². The van der Waals surface area contributed by atoms with Crippen LogP contribution in [0, 0.1) is 19.7 Å². The number of thiazole rings is 1. The van der Waals surface area contributed by atoms with E-state index in [9.17, 15) is 9.18 Å². The van der Waals surface area contributed by atoms with E-state index in [2.05, 4.69) is 36.3 Å². The number of amides is 1. The van der Waals surface area contributed by atoms with Gasteiger partial charge in [0.05, 0.1) is 5.69 Å². The number of anilines is 3. The molecule has 4 rings (SSSR count). The van der Waals surface area contributed by atoms with Gasteiger partial charge in [0.1, 0.15) is 11.5 Å². The van der Waals surface area contributed by atoms with Crippen LogP contribution in [-0.2, 0) is 0 Å². The molecule has 7 heteroatoms. The van der Waals surface area contributed by atoms with Crippen LogP contribution in [0.25, 0.3) is 0 Å². The van der Waals surface area contributed by atoms with Gasteiger partial charge < -0.3 is 15.1 Å². The highest BCUT2D eigenvalue weighted by molar-refractivity contribution is 7.14. The maximum absolute atomic E-state index is 14.0. The van der Waals surface area contributed by atoms with E-state index in [-0.39, 0.29) is 11.7 Å². The largest absolute Gasteiger partial charge is 0.366 e. The molecule has 0 radical (unpaired) electrons. The fourth-order valence-corrected chi connectivity index (χ4v) is 4.10. The molecule has 0 aliphatic carbocycles. The molecule has 1 saturated heterocycles. The zero-order valence-corrected chi connectivity index (χ0v) is 17.3. The Balaban J connectivity index is 1.38. The van der Waals surface area contributed by atoms with Crippen LogP contribution < -0.4 is 10.2 Å². The molecule has 1 aliphatic rings. The lowest BCUT2D eigenvalue weighted by molar-refractivity contribution is 0.0741. The molecule has 3 aromatic rings. The molecule has 5 nitrogen and oxygen atoms in total. The Morgan fingerprint density at radius 1 is 1.07 bits per heavy atom. The number of hydrogen-bond acceptors (Lipinski definition) is 5. The summed E-state index contributed by atoms with van der Waals surface area (Å²) in [4.78, 5) is 21.1. The molecule has 2 aromatic carbocycles. The number of carbonyl (C=O) groups excluding carboxylic acids is 1. The van der Waals surface area contributed by atoms with Crippen molar-refractivity contribution in [1.82, 2.24) is 9.88 Å². The van der Waals surface area contributed by atoms with Gasteiger partial charge in [-0.2, -0.15) is 0 Å². The lowest BCUT2D eigenvalue weighted by Crippen LogP contribution is -2.49. The Hall–Kier alpha value is -2.93. The molecular formula is C22H23FN4OS. The van der Waals surface area contributed by atoms with E-state index in [4.69, 9.17) is 0 Å². The van der Waals surface area contributed by atoms with Gasteiger partial charge in [-0.05, 0) is 49.2 Å². The minimum Gasteiger partial charge on any atom is -0.366 e. The fourth-order valence-electron chi connectivity index (χ4n) is 3.39. The van der Waals surface area contributed by atoms with Crippen LogP contribution in [0.5, 0.6) is 0 Å². The maximum Gasteiger partial charge on any atom is 0.273 e. The van der Waals surface area contributed by atoms with Crippen LogP contribution in [-0.4, -0.2) is 42.0 Å². The smallest absolute Gasteiger partial charge is 0.273 e. The van der Waals surface area contributed by atoms with Crippen molar-refractivity contribution in [2.24, 2.45) is 0 Å². The summed E-state index contributed by atoms with van der Waals surface area (Å²) in [5.74, 6) is -0.309. The molecule has 1 aromatic heterocycles. The van der Waals surface area contributed by atoms with Crippen molar-refractivity contribution in [1.29, 1.82) is 0 Å². The molecule has 1 aliphatic heterocycles. The summed E-state index contributed by atoms with van der Waals surface area (Å²) in [6, 6.07) is 12.9. The summed E-state index contributed by atoms with van der Waals surface area (Å²) >= 11 is 1.42. The molecule has 0 spiro atoms. The summed E-state index contributed by atoms with van der Waals surface area (Å²) in [6.45, 7) is 6.44. The van der Waals surface area contributed by atoms with Crippen molar-refractivity contribution in [3.63, 3.8) is 0 Å². The van der Waals surface area contributed by atoms with Crippen LogP contribution in [0.2, 0.25) is 0 Å². The first-order valence-corrected chi connectivity index (χ1v) is 10.5. The first-order chi connectivity index (χ1) is 14.0.